The third kappa shape index (κ3) is 5.01. The van der Waals surface area contributed by atoms with Crippen LogP contribution in [0.2, 0.25) is 0 Å². The van der Waals surface area contributed by atoms with Crippen LogP contribution >= 0.6 is 0 Å². The van der Waals surface area contributed by atoms with Gasteiger partial charge < -0.3 is 13.6 Å². The predicted octanol–water partition coefficient (Wildman–Crippen LogP) is 5.46. The first-order chi connectivity index (χ1) is 14.9. The number of carbonyl (C=O) groups is 1. The molecule has 0 saturated carbocycles. The van der Waals surface area contributed by atoms with Gasteiger partial charge in [-0.2, -0.15) is 0 Å². The number of nitrogens with one attached hydrogen (secondary N) is 1. The molecule has 0 aliphatic heterocycles. The number of rotatable bonds is 6. The Balaban J connectivity index is 1.33. The lowest BCUT2D eigenvalue weighted by molar-refractivity contribution is 0.102. The summed E-state index contributed by atoms with van der Waals surface area (Å²) in [5.74, 6) is 1.09. The minimum absolute atomic E-state index is 0.00233. The number of aromatic nitrogens is 2. The molecule has 1 amide bonds. The van der Waals surface area contributed by atoms with Crippen molar-refractivity contribution in [2.45, 2.75) is 32.8 Å². The van der Waals surface area contributed by atoms with Crippen molar-refractivity contribution in [1.29, 1.82) is 0 Å². The standard InChI is InChI=1S/C24H23N3O4/c1-24(2,3)18-10-12-19(13-11-18)30-15-16-6-8-17(9-7-16)21(28)25-23-27-26-22(31-23)20-5-4-14-29-20/h4-14H,15H2,1-3H3,(H,25,27,28). The number of hydrogen-bond acceptors (Lipinski definition) is 6. The van der Waals surface area contributed by atoms with Crippen molar-refractivity contribution in [3.8, 4) is 17.4 Å². The predicted molar refractivity (Wildman–Crippen MR) is 116 cm³/mol. The van der Waals surface area contributed by atoms with Gasteiger partial charge in [0, 0.05) is 5.56 Å². The molecule has 0 aliphatic rings. The highest BCUT2D eigenvalue weighted by Gasteiger charge is 2.15. The van der Waals surface area contributed by atoms with Crippen LogP contribution in [0.5, 0.6) is 5.75 Å². The Morgan fingerprint density at radius 1 is 1.00 bits per heavy atom. The van der Waals surface area contributed by atoms with Gasteiger partial charge in [-0.25, -0.2) is 0 Å². The largest absolute Gasteiger partial charge is 0.489 e. The van der Waals surface area contributed by atoms with Gasteiger partial charge in [0.2, 0.25) is 0 Å². The molecule has 7 heteroatoms. The third-order valence-electron chi connectivity index (χ3n) is 4.72. The summed E-state index contributed by atoms with van der Waals surface area (Å²) in [6.07, 6.45) is 1.50. The van der Waals surface area contributed by atoms with Crippen LogP contribution in [0.3, 0.4) is 0 Å². The number of ether oxygens (including phenoxy) is 1. The maximum atomic E-state index is 12.4. The fourth-order valence-electron chi connectivity index (χ4n) is 2.91. The maximum Gasteiger partial charge on any atom is 0.322 e. The Kier molecular flexibility index (Phi) is 5.58. The van der Waals surface area contributed by atoms with Gasteiger partial charge in [0.15, 0.2) is 5.76 Å². The normalized spacial score (nSPS) is 11.3. The number of hydrogen-bond donors (Lipinski definition) is 1. The zero-order chi connectivity index (χ0) is 21.8. The van der Waals surface area contributed by atoms with Crippen molar-refractivity contribution in [3.05, 3.63) is 83.6 Å². The van der Waals surface area contributed by atoms with Crippen molar-refractivity contribution >= 4 is 11.9 Å². The van der Waals surface area contributed by atoms with E-state index in [-0.39, 0.29) is 23.2 Å². The first kappa shape index (κ1) is 20.4. The van der Waals surface area contributed by atoms with E-state index in [9.17, 15) is 4.79 Å². The van der Waals surface area contributed by atoms with Crippen LogP contribution in [0, 0.1) is 0 Å². The fourth-order valence-corrected chi connectivity index (χ4v) is 2.91. The Morgan fingerprint density at radius 2 is 1.74 bits per heavy atom. The summed E-state index contributed by atoms with van der Waals surface area (Å²) >= 11 is 0. The molecule has 7 nitrogen and oxygen atoms in total. The van der Waals surface area contributed by atoms with Gasteiger partial charge in [0.1, 0.15) is 12.4 Å². The van der Waals surface area contributed by atoms with E-state index in [1.165, 1.54) is 11.8 Å². The molecule has 1 N–H and O–H groups in total. The highest BCUT2D eigenvalue weighted by atomic mass is 16.5. The Labute approximate surface area is 180 Å². The lowest BCUT2D eigenvalue weighted by Crippen LogP contribution is -2.12. The molecule has 158 valence electrons. The Bertz CT molecular complexity index is 1140. The van der Waals surface area contributed by atoms with Gasteiger partial charge in [-0.05, 0) is 52.9 Å². The lowest BCUT2D eigenvalue weighted by Gasteiger charge is -2.19. The van der Waals surface area contributed by atoms with Gasteiger partial charge in [-0.3, -0.25) is 10.1 Å². The van der Waals surface area contributed by atoms with E-state index in [0.29, 0.717) is 17.9 Å². The second-order valence-electron chi connectivity index (χ2n) is 8.10. The highest BCUT2D eigenvalue weighted by Crippen LogP contribution is 2.25. The summed E-state index contributed by atoms with van der Waals surface area (Å²) in [6, 6.07) is 18.7. The summed E-state index contributed by atoms with van der Waals surface area (Å²) < 4.78 is 16.4. The molecule has 0 bridgehead atoms. The summed E-state index contributed by atoms with van der Waals surface area (Å²) in [6.45, 7) is 6.94. The van der Waals surface area contributed by atoms with E-state index < -0.39 is 0 Å². The van der Waals surface area contributed by atoms with Crippen LogP contribution in [0.4, 0.5) is 6.01 Å². The second kappa shape index (κ2) is 8.47. The molecular formula is C24H23N3O4. The smallest absolute Gasteiger partial charge is 0.322 e. The van der Waals surface area contributed by atoms with Gasteiger partial charge >= 0.3 is 6.01 Å². The molecular weight excluding hydrogens is 394 g/mol. The van der Waals surface area contributed by atoms with Crippen molar-refractivity contribution in [1.82, 2.24) is 10.2 Å². The van der Waals surface area contributed by atoms with Crippen molar-refractivity contribution in [3.63, 3.8) is 0 Å². The van der Waals surface area contributed by atoms with Crippen LogP contribution in [0.25, 0.3) is 11.7 Å². The number of nitrogens with zero attached hydrogens (tertiary/aromatic N) is 2. The molecule has 2 aromatic heterocycles. The summed E-state index contributed by atoms with van der Waals surface area (Å²) in [7, 11) is 0. The van der Waals surface area contributed by atoms with Gasteiger partial charge in [-0.1, -0.05) is 50.1 Å². The van der Waals surface area contributed by atoms with Crippen LogP contribution < -0.4 is 10.1 Å². The number of carbonyl (C=O) groups excluding carboxylic acids is 1. The van der Waals surface area contributed by atoms with E-state index in [4.69, 9.17) is 13.6 Å². The first-order valence-corrected chi connectivity index (χ1v) is 9.89. The number of benzene rings is 2. The maximum absolute atomic E-state index is 12.4. The number of amides is 1. The van der Waals surface area contributed by atoms with Crippen LogP contribution in [0.15, 0.2) is 75.8 Å². The average Bonchev–Trinajstić information content (AvgIpc) is 3.44. The van der Waals surface area contributed by atoms with Crippen molar-refractivity contribution in [2.24, 2.45) is 0 Å². The first-order valence-electron chi connectivity index (χ1n) is 9.89. The lowest BCUT2D eigenvalue weighted by atomic mass is 9.87. The minimum atomic E-state index is -0.347. The molecule has 0 spiro atoms. The molecule has 0 radical (unpaired) electrons. The molecule has 0 saturated heterocycles. The van der Waals surface area contributed by atoms with E-state index >= 15 is 0 Å². The number of anilines is 1. The molecule has 4 aromatic rings. The molecule has 4 rings (SSSR count). The Morgan fingerprint density at radius 3 is 2.39 bits per heavy atom. The van der Waals surface area contributed by atoms with Crippen LogP contribution in [0.1, 0.15) is 42.3 Å². The van der Waals surface area contributed by atoms with Gasteiger partial charge in [0.25, 0.3) is 11.8 Å². The molecule has 0 aliphatic carbocycles. The van der Waals surface area contributed by atoms with Crippen molar-refractivity contribution in [2.75, 3.05) is 5.32 Å². The van der Waals surface area contributed by atoms with Gasteiger partial charge in [-0.15, -0.1) is 5.10 Å². The monoisotopic (exact) mass is 417 g/mol. The van der Waals surface area contributed by atoms with Crippen LogP contribution in [-0.2, 0) is 12.0 Å². The van der Waals surface area contributed by atoms with Crippen molar-refractivity contribution < 1.29 is 18.4 Å². The average molecular weight is 417 g/mol. The van der Waals surface area contributed by atoms with E-state index in [2.05, 4.69) is 48.4 Å². The van der Waals surface area contributed by atoms with E-state index in [0.717, 1.165) is 11.3 Å². The zero-order valence-electron chi connectivity index (χ0n) is 17.6. The van der Waals surface area contributed by atoms with E-state index in [1.807, 2.05) is 24.3 Å². The molecule has 0 atom stereocenters. The van der Waals surface area contributed by atoms with E-state index in [1.54, 1.807) is 24.3 Å². The molecule has 31 heavy (non-hydrogen) atoms. The molecule has 0 unspecified atom stereocenters. The zero-order valence-corrected chi connectivity index (χ0v) is 17.6. The quantitative estimate of drug-likeness (QED) is 0.448. The molecule has 2 aromatic carbocycles. The summed E-state index contributed by atoms with van der Waals surface area (Å²) in [5, 5.41) is 10.2. The van der Waals surface area contributed by atoms with Crippen LogP contribution in [-0.4, -0.2) is 16.1 Å². The number of furan rings is 1. The molecule has 0 fully saturated rings. The second-order valence-corrected chi connectivity index (χ2v) is 8.10. The summed E-state index contributed by atoms with van der Waals surface area (Å²) in [4.78, 5) is 12.4. The fraction of sp³-hybridized carbons (Fsp3) is 0.208. The SMILES string of the molecule is CC(C)(C)c1ccc(OCc2ccc(C(=O)Nc3nnc(-c4ccco4)o3)cc2)cc1. The summed E-state index contributed by atoms with van der Waals surface area (Å²) in [5.41, 5.74) is 2.79. The minimum Gasteiger partial charge on any atom is -0.489 e. The topological polar surface area (TPSA) is 90.4 Å². The Hall–Kier alpha value is -3.87. The third-order valence-corrected chi connectivity index (χ3v) is 4.72. The van der Waals surface area contributed by atoms with Gasteiger partial charge in [0.05, 0.1) is 6.26 Å². The molecule has 2 heterocycles. The highest BCUT2D eigenvalue weighted by molar-refractivity contribution is 6.03.